The van der Waals surface area contributed by atoms with Crippen molar-refractivity contribution in [2.45, 2.75) is 38.0 Å². The van der Waals surface area contributed by atoms with Gasteiger partial charge in [-0.25, -0.2) is 9.97 Å². The van der Waals surface area contributed by atoms with Gasteiger partial charge in [-0.2, -0.15) is 9.49 Å². The highest BCUT2D eigenvalue weighted by atomic mass is 19.1. The second kappa shape index (κ2) is 10.8. The van der Waals surface area contributed by atoms with Gasteiger partial charge in [0.1, 0.15) is 6.33 Å². The third kappa shape index (κ3) is 6.05. The molecule has 2 aliphatic rings. The molecule has 11 heteroatoms. The van der Waals surface area contributed by atoms with Crippen LogP contribution in [0, 0.1) is 11.7 Å². The summed E-state index contributed by atoms with van der Waals surface area (Å²) in [4.78, 5) is 23.4. The number of primary amides is 1. The van der Waals surface area contributed by atoms with Crippen molar-refractivity contribution in [1.82, 2.24) is 24.6 Å². The molecule has 3 aromatic rings. The predicted octanol–water partition coefficient (Wildman–Crippen LogP) is 1.77. The fourth-order valence-corrected chi connectivity index (χ4v) is 4.89. The summed E-state index contributed by atoms with van der Waals surface area (Å²) >= 11 is 0. The minimum atomic E-state index is -0.637. The molecule has 196 valence electrons. The lowest BCUT2D eigenvalue weighted by molar-refractivity contribution is -0.120. The van der Waals surface area contributed by atoms with Gasteiger partial charge in [-0.3, -0.25) is 14.4 Å². The topological polar surface area (TPSA) is 125 Å². The van der Waals surface area contributed by atoms with E-state index in [4.69, 9.17) is 5.73 Å². The number of piperidine rings is 1. The van der Waals surface area contributed by atoms with Crippen LogP contribution in [0.3, 0.4) is 0 Å². The van der Waals surface area contributed by atoms with Crippen LogP contribution in [-0.2, 0) is 18.4 Å². The molecule has 3 heterocycles. The number of halogens is 1. The molecule has 37 heavy (non-hydrogen) atoms. The maximum absolute atomic E-state index is 15.6. The Morgan fingerprint density at radius 1 is 1.22 bits per heavy atom. The van der Waals surface area contributed by atoms with Crippen molar-refractivity contribution in [3.05, 3.63) is 54.4 Å². The number of aliphatic hydroxyl groups excluding tert-OH is 1. The number of carbonyl (C=O) groups excluding carboxylic acids is 1. The van der Waals surface area contributed by atoms with Crippen molar-refractivity contribution in [1.29, 1.82) is 0 Å². The van der Waals surface area contributed by atoms with E-state index in [0.717, 1.165) is 29.5 Å². The van der Waals surface area contributed by atoms with E-state index < -0.39 is 17.8 Å². The molecular weight excluding hydrogens is 475 g/mol. The zero-order valence-electron chi connectivity index (χ0n) is 20.9. The molecule has 1 aromatic carbocycles. The van der Waals surface area contributed by atoms with Crippen molar-refractivity contribution in [2.24, 2.45) is 18.7 Å². The van der Waals surface area contributed by atoms with Crippen LogP contribution in [0.2, 0.25) is 0 Å². The summed E-state index contributed by atoms with van der Waals surface area (Å²) in [6, 6.07) is 8.47. The number of aromatic nitrogens is 4. The average molecular weight is 509 g/mol. The van der Waals surface area contributed by atoms with Gasteiger partial charge in [0, 0.05) is 50.4 Å². The van der Waals surface area contributed by atoms with Crippen LogP contribution in [0.4, 0.5) is 16.0 Å². The zero-order valence-corrected chi connectivity index (χ0v) is 20.9. The van der Waals surface area contributed by atoms with E-state index in [2.05, 4.69) is 44.6 Å². The van der Waals surface area contributed by atoms with Crippen LogP contribution in [0.1, 0.15) is 24.8 Å². The molecule has 2 aromatic heterocycles. The fourth-order valence-electron chi connectivity index (χ4n) is 4.89. The van der Waals surface area contributed by atoms with E-state index in [1.165, 1.54) is 6.33 Å². The number of anilines is 2. The maximum Gasteiger partial charge on any atom is 0.231 e. The number of nitrogens with zero attached hydrogens (tertiary/aromatic N) is 6. The van der Waals surface area contributed by atoms with Crippen LogP contribution in [0.15, 0.2) is 43.0 Å². The van der Waals surface area contributed by atoms with Crippen molar-refractivity contribution < 1.29 is 14.3 Å². The lowest BCUT2D eigenvalue weighted by Gasteiger charge is -2.35. The highest BCUT2D eigenvalue weighted by Gasteiger charge is 2.33. The molecule has 1 aliphatic carbocycles. The molecular formula is C26H33FN8O2. The van der Waals surface area contributed by atoms with Crippen molar-refractivity contribution >= 4 is 17.5 Å². The predicted molar refractivity (Wildman–Crippen MR) is 138 cm³/mol. The molecule has 4 N–H and O–H groups in total. The minimum absolute atomic E-state index is 0.0835. The summed E-state index contributed by atoms with van der Waals surface area (Å²) in [5.74, 6) is -0.562. The second-order valence-corrected chi connectivity index (χ2v) is 10.0. The van der Waals surface area contributed by atoms with Crippen LogP contribution in [0.5, 0.6) is 0 Å². The average Bonchev–Trinajstić information content (AvgIpc) is 3.63. The number of nitrogens with two attached hydrogens (primary N) is 1. The van der Waals surface area contributed by atoms with Crippen molar-refractivity contribution in [3.63, 3.8) is 0 Å². The number of aryl methyl sites for hydroxylation is 1. The van der Waals surface area contributed by atoms with Crippen LogP contribution < -0.4 is 16.0 Å². The first-order valence-electron chi connectivity index (χ1n) is 12.6. The Morgan fingerprint density at radius 3 is 2.65 bits per heavy atom. The van der Waals surface area contributed by atoms with E-state index in [-0.39, 0.29) is 30.1 Å². The molecule has 2 atom stereocenters. The van der Waals surface area contributed by atoms with Gasteiger partial charge in [0.25, 0.3) is 0 Å². The Labute approximate surface area is 215 Å². The highest BCUT2D eigenvalue weighted by molar-refractivity contribution is 5.75. The van der Waals surface area contributed by atoms with Crippen LogP contribution in [-0.4, -0.2) is 74.0 Å². The lowest BCUT2D eigenvalue weighted by Crippen LogP contribution is -2.48. The first-order valence-corrected chi connectivity index (χ1v) is 12.6. The van der Waals surface area contributed by atoms with E-state index in [1.54, 1.807) is 4.68 Å². The van der Waals surface area contributed by atoms with Crippen molar-refractivity contribution in [2.75, 3.05) is 36.4 Å². The molecule has 5 rings (SSSR count). The number of nitrogens with one attached hydrogen (secondary N) is 1. The van der Waals surface area contributed by atoms with Gasteiger partial charge in [-0.05, 0) is 36.9 Å². The normalized spacial score (nSPS) is 20.1. The van der Waals surface area contributed by atoms with E-state index in [1.807, 2.05) is 29.2 Å². The lowest BCUT2D eigenvalue weighted by atomic mass is 9.93. The van der Waals surface area contributed by atoms with E-state index in [9.17, 15) is 9.90 Å². The minimum Gasteiger partial charge on any atom is -0.391 e. The van der Waals surface area contributed by atoms with Gasteiger partial charge in [0.15, 0.2) is 11.6 Å². The quantitative estimate of drug-likeness (QED) is 0.378. The zero-order chi connectivity index (χ0) is 25.9. The van der Waals surface area contributed by atoms with E-state index >= 15 is 4.39 Å². The smallest absolute Gasteiger partial charge is 0.231 e. The summed E-state index contributed by atoms with van der Waals surface area (Å²) in [5.41, 5.74) is 8.46. The summed E-state index contributed by atoms with van der Waals surface area (Å²) in [7, 11) is 1.89. The first-order chi connectivity index (χ1) is 17.9. The molecule has 0 unspecified atom stereocenters. The summed E-state index contributed by atoms with van der Waals surface area (Å²) < 4.78 is 17.4. The number of carbonyl (C=O) groups is 1. The third-order valence-electron chi connectivity index (χ3n) is 7.09. The SMILES string of the molecule is Cn1cc(-c2ccc(CN(c3ncnc(NC[C@H]4CCN(CC(N)=O)C[C@@H]4O)c3F)C3CC3)cc2)cn1. The van der Waals surface area contributed by atoms with Gasteiger partial charge in [-0.1, -0.05) is 24.3 Å². The summed E-state index contributed by atoms with van der Waals surface area (Å²) in [6.45, 7) is 2.06. The Morgan fingerprint density at radius 2 is 2.00 bits per heavy atom. The molecule has 1 aliphatic heterocycles. The Balaban J connectivity index is 1.25. The van der Waals surface area contributed by atoms with Gasteiger partial charge in [0.2, 0.25) is 11.7 Å². The van der Waals surface area contributed by atoms with Gasteiger partial charge < -0.3 is 21.1 Å². The summed E-state index contributed by atoms with van der Waals surface area (Å²) in [6.07, 6.45) is 7.21. The van der Waals surface area contributed by atoms with Gasteiger partial charge in [-0.15, -0.1) is 0 Å². The van der Waals surface area contributed by atoms with Crippen LogP contribution >= 0.6 is 0 Å². The largest absolute Gasteiger partial charge is 0.391 e. The monoisotopic (exact) mass is 508 g/mol. The number of benzene rings is 1. The first kappa shape index (κ1) is 25.1. The van der Waals surface area contributed by atoms with Gasteiger partial charge >= 0.3 is 0 Å². The third-order valence-corrected chi connectivity index (χ3v) is 7.09. The number of aliphatic hydroxyl groups is 1. The molecule has 0 spiro atoms. The number of rotatable bonds is 10. The number of β-amino-alcohol motifs (C(OH)–C–C–N with tert-alkyl or cyclic N) is 1. The molecule has 1 saturated carbocycles. The Kier molecular flexibility index (Phi) is 7.33. The Bertz CT molecular complexity index is 1230. The molecule has 0 radical (unpaired) electrons. The fraction of sp³-hybridized carbons (Fsp3) is 0.462. The molecule has 10 nitrogen and oxygen atoms in total. The number of likely N-dealkylation sites (tertiary alicyclic amines) is 1. The molecule has 1 amide bonds. The number of hydrogen-bond donors (Lipinski definition) is 3. The van der Waals surface area contributed by atoms with Crippen LogP contribution in [0.25, 0.3) is 11.1 Å². The standard InChI is InChI=1S/C26H33FN8O2/c1-33-13-20(11-32-33)18-4-2-17(3-5-18)12-35(21-6-7-21)26-24(27)25(30-16-31-26)29-10-19-8-9-34(14-22(19)36)15-23(28)37/h2-5,11,13,16,19,21-22,36H,6-10,12,14-15H2,1H3,(H2,28,37)(H,29,30,31)/t19-,22+/m1/s1. The van der Waals surface area contributed by atoms with E-state index in [0.29, 0.717) is 32.6 Å². The molecule has 0 bridgehead atoms. The summed E-state index contributed by atoms with van der Waals surface area (Å²) in [5, 5.41) is 17.8. The Hall–Kier alpha value is -3.57. The van der Waals surface area contributed by atoms with Crippen molar-refractivity contribution in [3.8, 4) is 11.1 Å². The number of amides is 1. The highest BCUT2D eigenvalue weighted by Crippen LogP contribution is 2.35. The number of hydrogen-bond acceptors (Lipinski definition) is 8. The molecule has 1 saturated heterocycles. The second-order valence-electron chi connectivity index (χ2n) is 10.0. The maximum atomic E-state index is 15.6. The molecule has 2 fully saturated rings. The van der Waals surface area contributed by atoms with Gasteiger partial charge in [0.05, 0.1) is 18.8 Å².